The van der Waals surface area contributed by atoms with E-state index in [2.05, 4.69) is 25.7 Å². The fraction of sp³-hybridized carbons (Fsp3) is 0.900. The van der Waals surface area contributed by atoms with Gasteiger partial charge in [0.25, 0.3) is 0 Å². The molecule has 1 saturated heterocycles. The SMILES string of the molecule is CC(C)[C@@H]1C(C=O)N(C)C[C@@H]1C. The van der Waals surface area contributed by atoms with E-state index >= 15 is 0 Å². The number of hydrogen-bond acceptors (Lipinski definition) is 2. The molecule has 0 saturated carbocycles. The van der Waals surface area contributed by atoms with Crippen molar-refractivity contribution in [2.24, 2.45) is 17.8 Å². The molecule has 0 radical (unpaired) electrons. The van der Waals surface area contributed by atoms with E-state index in [0.29, 0.717) is 17.8 Å². The van der Waals surface area contributed by atoms with Crippen LogP contribution < -0.4 is 0 Å². The molecule has 0 N–H and O–H groups in total. The Kier molecular flexibility index (Phi) is 2.89. The highest BCUT2D eigenvalue weighted by Gasteiger charge is 2.38. The molecule has 0 bridgehead atoms. The first-order valence-corrected chi connectivity index (χ1v) is 4.73. The number of likely N-dealkylation sites (tertiary alicyclic amines) is 1. The number of carbonyl (C=O) groups is 1. The molecule has 0 aromatic carbocycles. The van der Waals surface area contributed by atoms with Crippen LogP contribution in [0, 0.1) is 17.8 Å². The minimum absolute atomic E-state index is 0.153. The molecule has 0 aromatic heterocycles. The van der Waals surface area contributed by atoms with Gasteiger partial charge < -0.3 is 4.79 Å². The highest BCUT2D eigenvalue weighted by atomic mass is 16.1. The Morgan fingerprint density at radius 3 is 2.42 bits per heavy atom. The van der Waals surface area contributed by atoms with E-state index < -0.39 is 0 Å². The summed E-state index contributed by atoms with van der Waals surface area (Å²) >= 11 is 0. The van der Waals surface area contributed by atoms with E-state index in [1.807, 2.05) is 7.05 Å². The Balaban J connectivity index is 2.74. The molecule has 1 fully saturated rings. The van der Waals surface area contributed by atoms with Gasteiger partial charge in [-0.15, -0.1) is 0 Å². The Labute approximate surface area is 74.9 Å². The van der Waals surface area contributed by atoms with Crippen molar-refractivity contribution in [2.75, 3.05) is 13.6 Å². The Morgan fingerprint density at radius 1 is 1.50 bits per heavy atom. The lowest BCUT2D eigenvalue weighted by Crippen LogP contribution is -2.33. The number of rotatable bonds is 2. The van der Waals surface area contributed by atoms with Gasteiger partial charge >= 0.3 is 0 Å². The van der Waals surface area contributed by atoms with Crippen LogP contribution in [0.15, 0.2) is 0 Å². The minimum atomic E-state index is 0.153. The van der Waals surface area contributed by atoms with Crippen LogP contribution in [0.5, 0.6) is 0 Å². The quantitative estimate of drug-likeness (QED) is 0.582. The first-order valence-electron chi connectivity index (χ1n) is 4.73. The normalized spacial score (nSPS) is 37.6. The minimum Gasteiger partial charge on any atom is -0.302 e. The third-order valence-corrected chi connectivity index (χ3v) is 3.05. The number of hydrogen-bond donors (Lipinski definition) is 0. The number of likely N-dealkylation sites (N-methyl/N-ethyl adjacent to an activating group) is 1. The summed E-state index contributed by atoms with van der Waals surface area (Å²) in [6, 6.07) is 0.153. The summed E-state index contributed by atoms with van der Waals surface area (Å²) in [5, 5.41) is 0. The Bertz CT molecular complexity index is 167. The van der Waals surface area contributed by atoms with Crippen LogP contribution in [0.25, 0.3) is 0 Å². The molecule has 2 heteroatoms. The molecule has 3 atom stereocenters. The first kappa shape index (κ1) is 9.72. The summed E-state index contributed by atoms with van der Waals surface area (Å²) in [5.41, 5.74) is 0. The van der Waals surface area contributed by atoms with Crippen LogP contribution in [0.4, 0.5) is 0 Å². The fourth-order valence-corrected chi connectivity index (χ4v) is 2.57. The van der Waals surface area contributed by atoms with E-state index in [1.165, 1.54) is 0 Å². The van der Waals surface area contributed by atoms with E-state index in [9.17, 15) is 4.79 Å². The summed E-state index contributed by atoms with van der Waals surface area (Å²) in [6.07, 6.45) is 1.11. The third kappa shape index (κ3) is 1.53. The van der Waals surface area contributed by atoms with Gasteiger partial charge in [0, 0.05) is 6.54 Å². The second-order valence-electron chi connectivity index (χ2n) is 4.36. The molecule has 1 unspecified atom stereocenters. The average molecular weight is 169 g/mol. The van der Waals surface area contributed by atoms with E-state index in [4.69, 9.17) is 0 Å². The molecule has 70 valence electrons. The lowest BCUT2D eigenvalue weighted by atomic mass is 9.83. The standard InChI is InChI=1S/C10H19NO/c1-7(2)10-8(3)5-11(4)9(10)6-12/h6-10H,5H2,1-4H3/t8-,9?,10-/m0/s1. The zero-order chi connectivity index (χ0) is 9.30. The molecule has 1 aliphatic heterocycles. The maximum atomic E-state index is 10.8. The number of nitrogens with zero attached hydrogens (tertiary/aromatic N) is 1. The van der Waals surface area contributed by atoms with Crippen LogP contribution in [0.1, 0.15) is 20.8 Å². The molecule has 1 aliphatic rings. The largest absolute Gasteiger partial charge is 0.302 e. The van der Waals surface area contributed by atoms with Gasteiger partial charge in [-0.1, -0.05) is 20.8 Å². The van der Waals surface area contributed by atoms with Crippen molar-refractivity contribution < 1.29 is 4.79 Å². The van der Waals surface area contributed by atoms with Crippen molar-refractivity contribution >= 4 is 6.29 Å². The van der Waals surface area contributed by atoms with E-state index in [0.717, 1.165) is 12.8 Å². The highest BCUT2D eigenvalue weighted by Crippen LogP contribution is 2.32. The van der Waals surface area contributed by atoms with Crippen molar-refractivity contribution in [1.82, 2.24) is 4.90 Å². The lowest BCUT2D eigenvalue weighted by Gasteiger charge is -2.23. The van der Waals surface area contributed by atoms with Gasteiger partial charge in [-0.05, 0) is 24.8 Å². The zero-order valence-electron chi connectivity index (χ0n) is 8.45. The monoisotopic (exact) mass is 169 g/mol. The van der Waals surface area contributed by atoms with Gasteiger partial charge in [0.05, 0.1) is 6.04 Å². The molecule has 1 rings (SSSR count). The van der Waals surface area contributed by atoms with Crippen molar-refractivity contribution in [3.05, 3.63) is 0 Å². The third-order valence-electron chi connectivity index (χ3n) is 3.05. The summed E-state index contributed by atoms with van der Waals surface area (Å²) < 4.78 is 0. The second-order valence-corrected chi connectivity index (χ2v) is 4.36. The number of carbonyl (C=O) groups excluding carboxylic acids is 1. The van der Waals surface area contributed by atoms with Crippen molar-refractivity contribution in [3.8, 4) is 0 Å². The predicted octanol–water partition coefficient (Wildman–Crippen LogP) is 1.41. The fourth-order valence-electron chi connectivity index (χ4n) is 2.57. The van der Waals surface area contributed by atoms with Crippen LogP contribution in [0.2, 0.25) is 0 Å². The van der Waals surface area contributed by atoms with Gasteiger partial charge in [-0.2, -0.15) is 0 Å². The van der Waals surface area contributed by atoms with Gasteiger partial charge in [0.1, 0.15) is 6.29 Å². The van der Waals surface area contributed by atoms with E-state index in [1.54, 1.807) is 0 Å². The predicted molar refractivity (Wildman–Crippen MR) is 50.0 cm³/mol. The first-order chi connectivity index (χ1) is 5.57. The summed E-state index contributed by atoms with van der Waals surface area (Å²) in [4.78, 5) is 13.0. The smallest absolute Gasteiger partial charge is 0.137 e. The summed E-state index contributed by atoms with van der Waals surface area (Å²) in [5.74, 6) is 1.82. The van der Waals surface area contributed by atoms with Crippen molar-refractivity contribution in [1.29, 1.82) is 0 Å². The molecule has 2 nitrogen and oxygen atoms in total. The molecule has 0 amide bonds. The van der Waals surface area contributed by atoms with E-state index in [-0.39, 0.29) is 6.04 Å². The molecular weight excluding hydrogens is 150 g/mol. The molecule has 0 aromatic rings. The van der Waals surface area contributed by atoms with Crippen molar-refractivity contribution in [2.45, 2.75) is 26.8 Å². The Hall–Kier alpha value is -0.370. The van der Waals surface area contributed by atoms with Crippen LogP contribution >= 0.6 is 0 Å². The Morgan fingerprint density at radius 2 is 2.08 bits per heavy atom. The molecule has 0 spiro atoms. The van der Waals surface area contributed by atoms with Crippen LogP contribution in [-0.2, 0) is 4.79 Å². The molecule has 1 heterocycles. The number of aldehydes is 1. The van der Waals surface area contributed by atoms with Gasteiger partial charge in [0.2, 0.25) is 0 Å². The zero-order valence-corrected chi connectivity index (χ0v) is 8.45. The van der Waals surface area contributed by atoms with Crippen LogP contribution in [-0.4, -0.2) is 30.8 Å². The van der Waals surface area contributed by atoms with Gasteiger partial charge in [-0.25, -0.2) is 0 Å². The van der Waals surface area contributed by atoms with Crippen molar-refractivity contribution in [3.63, 3.8) is 0 Å². The van der Waals surface area contributed by atoms with Gasteiger partial charge in [-0.3, -0.25) is 4.90 Å². The maximum Gasteiger partial charge on any atom is 0.137 e. The van der Waals surface area contributed by atoms with Gasteiger partial charge in [0.15, 0.2) is 0 Å². The summed E-state index contributed by atoms with van der Waals surface area (Å²) in [7, 11) is 2.04. The topological polar surface area (TPSA) is 20.3 Å². The molecule has 0 aliphatic carbocycles. The van der Waals surface area contributed by atoms with Crippen LogP contribution in [0.3, 0.4) is 0 Å². The molecule has 12 heavy (non-hydrogen) atoms. The molecular formula is C10H19NO. The highest BCUT2D eigenvalue weighted by molar-refractivity contribution is 5.59. The summed E-state index contributed by atoms with van der Waals surface area (Å²) in [6.45, 7) is 7.71. The lowest BCUT2D eigenvalue weighted by molar-refractivity contribution is -0.112. The maximum absolute atomic E-state index is 10.8. The average Bonchev–Trinajstić information content (AvgIpc) is 2.24. The second kappa shape index (κ2) is 3.56.